The fourth-order valence-corrected chi connectivity index (χ4v) is 2.82. The number of carbonyl (C=O) groups excluding carboxylic acids is 2. The van der Waals surface area contributed by atoms with Crippen LogP contribution in [0.1, 0.15) is 34.7 Å². The smallest absolute Gasteiger partial charge is 0.274 e. The van der Waals surface area contributed by atoms with Gasteiger partial charge in [0.15, 0.2) is 0 Å². The van der Waals surface area contributed by atoms with Crippen LogP contribution in [0.15, 0.2) is 60.8 Å². The Morgan fingerprint density at radius 2 is 1.45 bits per heavy atom. The van der Waals surface area contributed by atoms with E-state index in [0.717, 1.165) is 0 Å². The Labute approximate surface area is 179 Å². The second kappa shape index (κ2) is 10.2. The molecule has 3 rings (SSSR count). The van der Waals surface area contributed by atoms with Crippen molar-refractivity contribution in [2.24, 2.45) is 0 Å². The van der Waals surface area contributed by atoms with Crippen molar-refractivity contribution in [3.63, 3.8) is 0 Å². The summed E-state index contributed by atoms with van der Waals surface area (Å²) in [4.78, 5) is 29.2. The molecule has 0 spiro atoms. The van der Waals surface area contributed by atoms with Gasteiger partial charge in [0.1, 0.15) is 23.0 Å². The molecule has 0 saturated heterocycles. The quantitative estimate of drug-likeness (QED) is 0.556. The van der Waals surface area contributed by atoms with Gasteiger partial charge in [-0.2, -0.15) is 0 Å². The van der Waals surface area contributed by atoms with Gasteiger partial charge in [-0.15, -0.1) is 0 Å². The van der Waals surface area contributed by atoms with Crippen molar-refractivity contribution in [2.45, 2.75) is 13.8 Å². The minimum Gasteiger partial charge on any atom is -0.492 e. The summed E-state index contributed by atoms with van der Waals surface area (Å²) in [6, 6.07) is 13.8. The number of benzene rings is 2. The maximum Gasteiger partial charge on any atom is 0.274 e. The van der Waals surface area contributed by atoms with Crippen LogP contribution in [0.5, 0.6) is 11.5 Å². The first-order valence-corrected chi connectivity index (χ1v) is 9.75. The van der Waals surface area contributed by atoms with Crippen LogP contribution in [0.25, 0.3) is 0 Å². The fourth-order valence-electron chi connectivity index (χ4n) is 2.82. The molecule has 1 aromatic heterocycles. The summed E-state index contributed by atoms with van der Waals surface area (Å²) in [5, 5.41) is 5.41. The Morgan fingerprint density at radius 3 is 2.00 bits per heavy atom. The molecule has 2 aromatic carbocycles. The molecule has 0 aliphatic rings. The Kier molecular flexibility index (Phi) is 7.16. The average Bonchev–Trinajstić information content (AvgIpc) is 2.77. The maximum absolute atomic E-state index is 14.0. The van der Waals surface area contributed by atoms with Gasteiger partial charge in [0.2, 0.25) is 0 Å². The molecule has 3 aromatic rings. The molecule has 7 nitrogen and oxygen atoms in total. The Hall–Kier alpha value is -3.94. The molecule has 31 heavy (non-hydrogen) atoms. The molecular weight excluding hydrogens is 401 g/mol. The lowest BCUT2D eigenvalue weighted by Gasteiger charge is -2.18. The third kappa shape index (κ3) is 5.36. The Balaban J connectivity index is 1.94. The van der Waals surface area contributed by atoms with E-state index in [4.69, 9.17) is 9.47 Å². The van der Waals surface area contributed by atoms with Crippen LogP contribution in [0.4, 0.5) is 15.8 Å². The lowest BCUT2D eigenvalue weighted by atomic mass is 10.1. The largest absolute Gasteiger partial charge is 0.492 e. The van der Waals surface area contributed by atoms with Gasteiger partial charge in [-0.25, -0.2) is 4.39 Å². The minimum absolute atomic E-state index is 0.101. The zero-order valence-corrected chi connectivity index (χ0v) is 17.1. The van der Waals surface area contributed by atoms with Crippen molar-refractivity contribution < 1.29 is 23.5 Å². The number of anilines is 2. The zero-order valence-electron chi connectivity index (χ0n) is 17.1. The van der Waals surface area contributed by atoms with Crippen molar-refractivity contribution in [2.75, 3.05) is 23.8 Å². The van der Waals surface area contributed by atoms with E-state index in [0.29, 0.717) is 30.4 Å². The van der Waals surface area contributed by atoms with Crippen molar-refractivity contribution in [3.8, 4) is 11.5 Å². The van der Waals surface area contributed by atoms with Crippen LogP contribution in [0.3, 0.4) is 0 Å². The SMILES string of the molecule is CCOc1cc(NC(=O)c2ccccc2F)c(OCC)cc1NC(=O)c1ccccn1. The topological polar surface area (TPSA) is 89.5 Å². The van der Waals surface area contributed by atoms with Crippen LogP contribution < -0.4 is 20.1 Å². The third-order valence-corrected chi connectivity index (χ3v) is 4.19. The molecule has 0 radical (unpaired) electrons. The Bertz CT molecular complexity index is 1070. The number of nitrogens with one attached hydrogen (secondary N) is 2. The molecule has 2 amide bonds. The van der Waals surface area contributed by atoms with E-state index >= 15 is 0 Å². The first kappa shape index (κ1) is 21.8. The van der Waals surface area contributed by atoms with E-state index in [1.807, 2.05) is 0 Å². The van der Waals surface area contributed by atoms with Crippen molar-refractivity contribution in [1.29, 1.82) is 0 Å². The van der Waals surface area contributed by atoms with Crippen molar-refractivity contribution >= 4 is 23.2 Å². The summed E-state index contributed by atoms with van der Waals surface area (Å²) in [6.07, 6.45) is 1.52. The standard InChI is InChI=1S/C23H22FN3O4/c1-3-30-20-14-19(27-23(29)17-11-7-8-12-25-17)21(31-4-2)13-18(20)26-22(28)15-9-5-6-10-16(15)24/h5-14H,3-4H2,1-2H3,(H,26,28)(H,27,29). The summed E-state index contributed by atoms with van der Waals surface area (Å²) in [7, 11) is 0. The van der Waals surface area contributed by atoms with E-state index in [1.54, 1.807) is 44.2 Å². The highest BCUT2D eigenvalue weighted by atomic mass is 19.1. The van der Waals surface area contributed by atoms with E-state index in [-0.39, 0.29) is 16.9 Å². The van der Waals surface area contributed by atoms with Crippen molar-refractivity contribution in [1.82, 2.24) is 4.98 Å². The predicted molar refractivity (Wildman–Crippen MR) is 115 cm³/mol. The van der Waals surface area contributed by atoms with Crippen LogP contribution in [0.2, 0.25) is 0 Å². The maximum atomic E-state index is 14.0. The highest BCUT2D eigenvalue weighted by Crippen LogP contribution is 2.37. The van der Waals surface area contributed by atoms with Crippen LogP contribution in [-0.4, -0.2) is 30.0 Å². The molecule has 0 unspecified atom stereocenters. The number of pyridine rings is 1. The average molecular weight is 423 g/mol. The van der Waals surface area contributed by atoms with E-state index in [1.165, 1.54) is 30.5 Å². The van der Waals surface area contributed by atoms with Gasteiger partial charge in [-0.3, -0.25) is 14.6 Å². The number of amides is 2. The lowest BCUT2D eigenvalue weighted by Crippen LogP contribution is -2.17. The van der Waals surface area contributed by atoms with Crippen molar-refractivity contribution in [3.05, 3.63) is 77.9 Å². The van der Waals surface area contributed by atoms with E-state index in [9.17, 15) is 14.0 Å². The van der Waals surface area contributed by atoms with E-state index < -0.39 is 17.6 Å². The van der Waals surface area contributed by atoms with Gasteiger partial charge < -0.3 is 20.1 Å². The summed E-state index contributed by atoms with van der Waals surface area (Å²) < 4.78 is 25.3. The number of nitrogens with zero attached hydrogens (tertiary/aromatic N) is 1. The molecule has 0 bridgehead atoms. The molecule has 8 heteroatoms. The van der Waals surface area contributed by atoms with Gasteiger partial charge >= 0.3 is 0 Å². The monoisotopic (exact) mass is 423 g/mol. The van der Waals surface area contributed by atoms with Crippen LogP contribution in [-0.2, 0) is 0 Å². The first-order chi connectivity index (χ1) is 15.0. The second-order valence-corrected chi connectivity index (χ2v) is 6.31. The number of hydrogen-bond acceptors (Lipinski definition) is 5. The number of carbonyl (C=O) groups is 2. The number of aromatic nitrogens is 1. The fraction of sp³-hybridized carbons (Fsp3) is 0.174. The first-order valence-electron chi connectivity index (χ1n) is 9.75. The van der Waals surface area contributed by atoms with Gasteiger partial charge in [0.25, 0.3) is 11.8 Å². The van der Waals surface area contributed by atoms with Gasteiger partial charge in [0.05, 0.1) is 30.2 Å². The molecule has 0 atom stereocenters. The zero-order chi connectivity index (χ0) is 22.2. The molecule has 0 fully saturated rings. The van der Waals surface area contributed by atoms with Crippen LogP contribution >= 0.6 is 0 Å². The van der Waals surface area contributed by atoms with Gasteiger partial charge in [-0.1, -0.05) is 18.2 Å². The van der Waals surface area contributed by atoms with E-state index in [2.05, 4.69) is 15.6 Å². The number of rotatable bonds is 8. The predicted octanol–water partition coefficient (Wildman–Crippen LogP) is 4.52. The molecule has 160 valence electrons. The Morgan fingerprint density at radius 1 is 0.871 bits per heavy atom. The lowest BCUT2D eigenvalue weighted by molar-refractivity contribution is 0.101. The number of ether oxygens (including phenoxy) is 2. The molecule has 0 aliphatic heterocycles. The summed E-state index contributed by atoms with van der Waals surface area (Å²) in [5.41, 5.74) is 0.773. The third-order valence-electron chi connectivity index (χ3n) is 4.19. The number of hydrogen-bond donors (Lipinski definition) is 2. The summed E-state index contributed by atoms with van der Waals surface area (Å²) in [6.45, 7) is 4.20. The molecule has 2 N–H and O–H groups in total. The van der Waals surface area contributed by atoms with Gasteiger partial charge in [0, 0.05) is 18.3 Å². The van der Waals surface area contributed by atoms with Gasteiger partial charge in [-0.05, 0) is 38.1 Å². The highest BCUT2D eigenvalue weighted by molar-refractivity contribution is 6.07. The van der Waals surface area contributed by atoms with Crippen LogP contribution in [0, 0.1) is 5.82 Å². The molecule has 0 saturated carbocycles. The molecule has 1 heterocycles. The normalized spacial score (nSPS) is 10.3. The summed E-state index contributed by atoms with van der Waals surface area (Å²) in [5.74, 6) is -1.08. The molecule has 0 aliphatic carbocycles. The minimum atomic E-state index is -0.637. The molecular formula is C23H22FN3O4. The highest BCUT2D eigenvalue weighted by Gasteiger charge is 2.19. The summed E-state index contributed by atoms with van der Waals surface area (Å²) >= 11 is 0. The number of halogens is 1. The second-order valence-electron chi connectivity index (χ2n) is 6.31.